The maximum Gasteiger partial charge on any atom is 0.175 e. The van der Waals surface area contributed by atoms with Gasteiger partial charge in [-0.2, -0.15) is 0 Å². The Morgan fingerprint density at radius 1 is 1.10 bits per heavy atom. The third kappa shape index (κ3) is 2.54. The molecular weight excluding hydrogens is 308 g/mol. The molecule has 0 saturated heterocycles. The number of nitrogens with zero attached hydrogens (tertiary/aromatic N) is 2. The summed E-state index contributed by atoms with van der Waals surface area (Å²) in [6.45, 7) is 0. The van der Waals surface area contributed by atoms with E-state index in [1.807, 2.05) is 28.8 Å². The maximum absolute atomic E-state index is 11.5. The van der Waals surface area contributed by atoms with Crippen molar-refractivity contribution in [1.82, 2.24) is 9.55 Å². The Balaban J connectivity index is 2.20. The van der Waals surface area contributed by atoms with Gasteiger partial charge in [0.15, 0.2) is 9.84 Å². The van der Waals surface area contributed by atoms with E-state index in [0.717, 1.165) is 22.5 Å². The molecule has 0 saturated carbocycles. The smallest absolute Gasteiger partial charge is 0.175 e. The van der Waals surface area contributed by atoms with Crippen molar-refractivity contribution in [2.24, 2.45) is 0 Å². The van der Waals surface area contributed by atoms with E-state index in [2.05, 4.69) is 4.98 Å². The van der Waals surface area contributed by atoms with Crippen LogP contribution in [0.2, 0.25) is 0 Å². The summed E-state index contributed by atoms with van der Waals surface area (Å²) in [6.07, 6.45) is 1.19. The molecule has 0 amide bonds. The van der Waals surface area contributed by atoms with Gasteiger partial charge in [0, 0.05) is 11.9 Å². The van der Waals surface area contributed by atoms with E-state index < -0.39 is 9.84 Å². The number of aromatic nitrogens is 2. The van der Waals surface area contributed by atoms with Crippen molar-refractivity contribution >= 4 is 32.5 Å². The van der Waals surface area contributed by atoms with Crippen molar-refractivity contribution < 1.29 is 8.42 Å². The molecule has 0 radical (unpaired) electrons. The first-order valence-corrected chi connectivity index (χ1v) is 8.76. The van der Waals surface area contributed by atoms with Crippen LogP contribution in [0.4, 0.5) is 0 Å². The number of halogens is 1. The van der Waals surface area contributed by atoms with Gasteiger partial charge in [-0.05, 0) is 36.4 Å². The van der Waals surface area contributed by atoms with Gasteiger partial charge < -0.3 is 0 Å². The molecule has 1 heterocycles. The molecule has 0 fully saturated rings. The number of hydrogen-bond donors (Lipinski definition) is 0. The minimum atomic E-state index is -3.20. The van der Waals surface area contributed by atoms with E-state index in [1.165, 1.54) is 6.26 Å². The Kier molecular flexibility index (Phi) is 3.47. The molecule has 2 aromatic carbocycles. The Morgan fingerprint density at radius 2 is 1.76 bits per heavy atom. The van der Waals surface area contributed by atoms with Crippen LogP contribution < -0.4 is 0 Å². The first-order valence-electron chi connectivity index (χ1n) is 6.33. The van der Waals surface area contributed by atoms with Gasteiger partial charge in [-0.1, -0.05) is 12.1 Å². The van der Waals surface area contributed by atoms with Crippen molar-refractivity contribution in [3.63, 3.8) is 0 Å². The standard InChI is InChI=1S/C15H13ClN2O2S/c1-21(19,20)12-8-6-11(7-9-12)18-14-5-3-2-4-13(14)17-15(18)10-16/h2-9H,10H2,1H3. The largest absolute Gasteiger partial charge is 0.295 e. The summed E-state index contributed by atoms with van der Waals surface area (Å²) in [5.41, 5.74) is 2.65. The first-order chi connectivity index (χ1) is 10.0. The minimum Gasteiger partial charge on any atom is -0.295 e. The van der Waals surface area contributed by atoms with Gasteiger partial charge >= 0.3 is 0 Å². The fourth-order valence-corrected chi connectivity index (χ4v) is 3.11. The van der Waals surface area contributed by atoms with Gasteiger partial charge in [-0.15, -0.1) is 11.6 Å². The van der Waals surface area contributed by atoms with Gasteiger partial charge in [0.1, 0.15) is 5.82 Å². The summed E-state index contributed by atoms with van der Waals surface area (Å²) in [4.78, 5) is 4.79. The number of para-hydroxylation sites is 2. The number of imidazole rings is 1. The van der Waals surface area contributed by atoms with Crippen LogP contribution in [0.15, 0.2) is 53.4 Å². The van der Waals surface area contributed by atoms with Gasteiger partial charge in [-0.3, -0.25) is 4.57 Å². The van der Waals surface area contributed by atoms with Gasteiger partial charge in [0.2, 0.25) is 0 Å². The third-order valence-electron chi connectivity index (χ3n) is 3.27. The average Bonchev–Trinajstić information content (AvgIpc) is 2.85. The van der Waals surface area contributed by atoms with Crippen molar-refractivity contribution in [2.45, 2.75) is 10.8 Å². The number of benzene rings is 2. The molecule has 1 aromatic heterocycles. The van der Waals surface area contributed by atoms with E-state index in [9.17, 15) is 8.42 Å². The number of sulfone groups is 1. The topological polar surface area (TPSA) is 52.0 Å². The monoisotopic (exact) mass is 320 g/mol. The Labute approximate surface area is 127 Å². The van der Waals surface area contributed by atoms with Crippen molar-refractivity contribution in [3.8, 4) is 5.69 Å². The molecular formula is C15H13ClN2O2S. The average molecular weight is 321 g/mol. The SMILES string of the molecule is CS(=O)(=O)c1ccc(-n2c(CCl)nc3ccccc32)cc1. The summed E-state index contributed by atoms with van der Waals surface area (Å²) < 4.78 is 25.0. The van der Waals surface area contributed by atoms with Crippen molar-refractivity contribution in [2.75, 3.05) is 6.26 Å². The van der Waals surface area contributed by atoms with Crippen LogP contribution >= 0.6 is 11.6 Å². The summed E-state index contributed by atoms with van der Waals surface area (Å²) in [6, 6.07) is 14.5. The molecule has 0 spiro atoms. The molecule has 0 unspecified atom stereocenters. The molecule has 0 bridgehead atoms. The highest BCUT2D eigenvalue weighted by molar-refractivity contribution is 7.90. The molecule has 0 N–H and O–H groups in total. The van der Waals surface area contributed by atoms with E-state index in [4.69, 9.17) is 11.6 Å². The Bertz CT molecular complexity index is 899. The quantitative estimate of drug-likeness (QED) is 0.696. The summed E-state index contributed by atoms with van der Waals surface area (Å²) in [7, 11) is -3.20. The molecule has 21 heavy (non-hydrogen) atoms. The lowest BCUT2D eigenvalue weighted by molar-refractivity contribution is 0.602. The lowest BCUT2D eigenvalue weighted by Gasteiger charge is -2.08. The van der Waals surface area contributed by atoms with Crippen LogP contribution in [0.1, 0.15) is 5.82 Å². The second-order valence-electron chi connectivity index (χ2n) is 4.75. The zero-order valence-corrected chi connectivity index (χ0v) is 12.9. The zero-order valence-electron chi connectivity index (χ0n) is 11.3. The fourth-order valence-electron chi connectivity index (χ4n) is 2.30. The number of alkyl halides is 1. The van der Waals surface area contributed by atoms with Crippen molar-refractivity contribution in [1.29, 1.82) is 0 Å². The van der Waals surface area contributed by atoms with Crippen LogP contribution in [-0.4, -0.2) is 24.2 Å². The zero-order chi connectivity index (χ0) is 15.0. The van der Waals surface area contributed by atoms with E-state index in [0.29, 0.717) is 4.90 Å². The van der Waals surface area contributed by atoms with Gasteiger partial charge in [0.05, 0.1) is 21.8 Å². The molecule has 108 valence electrons. The third-order valence-corrected chi connectivity index (χ3v) is 4.64. The molecule has 0 aliphatic heterocycles. The van der Waals surface area contributed by atoms with Gasteiger partial charge in [0.25, 0.3) is 0 Å². The molecule has 4 nitrogen and oxygen atoms in total. The second-order valence-corrected chi connectivity index (χ2v) is 7.03. The first kappa shape index (κ1) is 14.1. The Hall–Kier alpha value is -1.85. The molecule has 0 atom stereocenters. The molecule has 3 rings (SSSR count). The highest BCUT2D eigenvalue weighted by Gasteiger charge is 2.12. The molecule has 0 aliphatic rings. The number of hydrogen-bond acceptors (Lipinski definition) is 3. The maximum atomic E-state index is 11.5. The number of fused-ring (bicyclic) bond motifs is 1. The molecule has 3 aromatic rings. The van der Waals surface area contributed by atoms with E-state index in [1.54, 1.807) is 24.3 Å². The van der Waals surface area contributed by atoms with Crippen LogP contribution in [0.25, 0.3) is 16.7 Å². The van der Waals surface area contributed by atoms with Crippen molar-refractivity contribution in [3.05, 3.63) is 54.4 Å². The lowest BCUT2D eigenvalue weighted by Crippen LogP contribution is -2.01. The summed E-state index contributed by atoms with van der Waals surface area (Å²) in [5, 5.41) is 0. The molecule has 6 heteroatoms. The van der Waals surface area contributed by atoms with Crippen LogP contribution in [0.5, 0.6) is 0 Å². The second kappa shape index (κ2) is 5.16. The van der Waals surface area contributed by atoms with Crippen LogP contribution in [0.3, 0.4) is 0 Å². The summed E-state index contributed by atoms with van der Waals surface area (Å²) >= 11 is 5.98. The van der Waals surface area contributed by atoms with E-state index >= 15 is 0 Å². The Morgan fingerprint density at radius 3 is 2.38 bits per heavy atom. The highest BCUT2D eigenvalue weighted by atomic mass is 35.5. The van der Waals surface area contributed by atoms with E-state index in [-0.39, 0.29) is 5.88 Å². The summed E-state index contributed by atoms with van der Waals surface area (Å²) in [5.74, 6) is 1.01. The van der Waals surface area contributed by atoms with Crippen LogP contribution in [-0.2, 0) is 15.7 Å². The lowest BCUT2D eigenvalue weighted by atomic mass is 10.3. The fraction of sp³-hybridized carbons (Fsp3) is 0.133. The van der Waals surface area contributed by atoms with Crippen LogP contribution in [0, 0.1) is 0 Å². The predicted octanol–water partition coefficient (Wildman–Crippen LogP) is 3.17. The predicted molar refractivity (Wildman–Crippen MR) is 83.7 cm³/mol. The molecule has 0 aliphatic carbocycles. The number of rotatable bonds is 3. The minimum absolute atomic E-state index is 0.280. The normalized spacial score (nSPS) is 11.9. The highest BCUT2D eigenvalue weighted by Crippen LogP contribution is 2.23. The van der Waals surface area contributed by atoms with Gasteiger partial charge in [-0.25, -0.2) is 13.4 Å².